The van der Waals surface area contributed by atoms with Crippen molar-refractivity contribution >= 4 is 29.1 Å². The summed E-state index contributed by atoms with van der Waals surface area (Å²) >= 11 is 5.88. The molecule has 0 aliphatic carbocycles. The van der Waals surface area contributed by atoms with Crippen LogP contribution in [0.15, 0.2) is 90.0 Å². The maximum absolute atomic E-state index is 12.9. The number of rotatable bonds is 7. The maximum Gasteiger partial charge on any atom is 0.259 e. The number of hydrogen-bond acceptors (Lipinski definition) is 3. The molecule has 0 radical (unpaired) electrons. The lowest BCUT2D eigenvalue weighted by molar-refractivity contribution is -0.126. The van der Waals surface area contributed by atoms with E-state index in [0.717, 1.165) is 16.7 Å². The Hall–Kier alpha value is -3.44. The summed E-state index contributed by atoms with van der Waals surface area (Å²) in [5.74, 6) is -1.16. The standard InChI is InChI=1S/C24H22ClN3O2/c1-17(18-12-14-21(25)15-13-18)27-28-22(29)16-26-24(30)23(19-8-4-2-5-9-19)20-10-6-3-7-11-20/h2-15,23H,16H2,1H3,(H,26,30)(H,28,29). The number of nitrogens with zero attached hydrogens (tertiary/aromatic N) is 1. The summed E-state index contributed by atoms with van der Waals surface area (Å²) in [5, 5.41) is 7.43. The summed E-state index contributed by atoms with van der Waals surface area (Å²) in [7, 11) is 0. The zero-order valence-electron chi connectivity index (χ0n) is 16.5. The third-order valence-corrected chi connectivity index (χ3v) is 4.81. The van der Waals surface area contributed by atoms with Gasteiger partial charge in [-0.1, -0.05) is 84.4 Å². The van der Waals surface area contributed by atoms with E-state index in [0.29, 0.717) is 10.7 Å². The summed E-state index contributed by atoms with van der Waals surface area (Å²) in [6.07, 6.45) is 0. The van der Waals surface area contributed by atoms with Crippen LogP contribution >= 0.6 is 11.6 Å². The highest BCUT2D eigenvalue weighted by atomic mass is 35.5. The lowest BCUT2D eigenvalue weighted by atomic mass is 9.90. The molecule has 0 aromatic heterocycles. The van der Waals surface area contributed by atoms with Crippen LogP contribution in [0.1, 0.15) is 29.5 Å². The number of hydrogen-bond donors (Lipinski definition) is 2. The molecule has 0 saturated carbocycles. The Morgan fingerprint density at radius 3 is 1.93 bits per heavy atom. The van der Waals surface area contributed by atoms with Crippen molar-refractivity contribution in [3.8, 4) is 0 Å². The molecular formula is C24H22ClN3O2. The average molecular weight is 420 g/mol. The zero-order valence-corrected chi connectivity index (χ0v) is 17.3. The Morgan fingerprint density at radius 1 is 0.867 bits per heavy atom. The molecule has 3 rings (SSSR count). The first-order chi connectivity index (χ1) is 14.5. The highest BCUT2D eigenvalue weighted by molar-refractivity contribution is 6.30. The van der Waals surface area contributed by atoms with Crippen LogP contribution in [-0.2, 0) is 9.59 Å². The Bertz CT molecular complexity index is 980. The molecular weight excluding hydrogens is 398 g/mol. The molecule has 2 amide bonds. The molecule has 3 aromatic rings. The Labute approximate surface area is 180 Å². The minimum Gasteiger partial charge on any atom is -0.346 e. The number of hydrazone groups is 1. The van der Waals surface area contributed by atoms with Gasteiger partial charge in [-0.2, -0.15) is 5.10 Å². The maximum atomic E-state index is 12.9. The summed E-state index contributed by atoms with van der Waals surface area (Å²) < 4.78 is 0. The van der Waals surface area contributed by atoms with Crippen molar-refractivity contribution in [2.24, 2.45) is 5.10 Å². The van der Waals surface area contributed by atoms with E-state index in [4.69, 9.17) is 11.6 Å². The van der Waals surface area contributed by atoms with Gasteiger partial charge in [0, 0.05) is 5.02 Å². The van der Waals surface area contributed by atoms with Gasteiger partial charge in [-0.25, -0.2) is 5.43 Å². The predicted octanol–water partition coefficient (Wildman–Crippen LogP) is 4.13. The second kappa shape index (κ2) is 10.4. The van der Waals surface area contributed by atoms with Crippen LogP contribution in [0.2, 0.25) is 5.02 Å². The van der Waals surface area contributed by atoms with Gasteiger partial charge in [0.15, 0.2) is 0 Å². The van der Waals surface area contributed by atoms with Gasteiger partial charge in [0.05, 0.1) is 18.2 Å². The van der Waals surface area contributed by atoms with Gasteiger partial charge >= 0.3 is 0 Å². The summed E-state index contributed by atoms with van der Waals surface area (Å²) in [6.45, 7) is 1.61. The lowest BCUT2D eigenvalue weighted by Gasteiger charge is -2.17. The van der Waals surface area contributed by atoms with Crippen LogP contribution in [0.4, 0.5) is 0 Å². The van der Waals surface area contributed by atoms with Crippen LogP contribution in [-0.4, -0.2) is 24.1 Å². The number of halogens is 1. The van der Waals surface area contributed by atoms with Crippen LogP contribution in [0.5, 0.6) is 0 Å². The van der Waals surface area contributed by atoms with E-state index in [1.165, 1.54) is 0 Å². The fraction of sp³-hybridized carbons (Fsp3) is 0.125. The summed E-state index contributed by atoms with van der Waals surface area (Å²) in [5.41, 5.74) is 5.67. The SMILES string of the molecule is CC(=NNC(=O)CNC(=O)C(c1ccccc1)c1ccccc1)c1ccc(Cl)cc1. The van der Waals surface area contributed by atoms with Gasteiger partial charge in [-0.15, -0.1) is 0 Å². The molecule has 30 heavy (non-hydrogen) atoms. The first kappa shape index (κ1) is 21.3. The molecule has 0 spiro atoms. The van der Waals surface area contributed by atoms with Crippen molar-refractivity contribution in [3.63, 3.8) is 0 Å². The normalized spacial score (nSPS) is 11.2. The zero-order chi connectivity index (χ0) is 21.3. The van der Waals surface area contributed by atoms with Crippen LogP contribution in [0.3, 0.4) is 0 Å². The molecule has 0 bridgehead atoms. The monoisotopic (exact) mass is 419 g/mol. The number of nitrogens with one attached hydrogen (secondary N) is 2. The van der Waals surface area contributed by atoms with E-state index in [2.05, 4.69) is 15.8 Å². The van der Waals surface area contributed by atoms with E-state index in [1.54, 1.807) is 19.1 Å². The van der Waals surface area contributed by atoms with Gasteiger partial charge in [0.25, 0.3) is 5.91 Å². The molecule has 5 nitrogen and oxygen atoms in total. The second-order valence-electron chi connectivity index (χ2n) is 6.71. The van der Waals surface area contributed by atoms with E-state index < -0.39 is 11.8 Å². The fourth-order valence-corrected chi connectivity index (χ4v) is 3.12. The Morgan fingerprint density at radius 2 is 1.40 bits per heavy atom. The average Bonchev–Trinajstić information content (AvgIpc) is 2.78. The first-order valence-electron chi connectivity index (χ1n) is 9.51. The smallest absolute Gasteiger partial charge is 0.259 e. The van der Waals surface area contributed by atoms with Crippen molar-refractivity contribution < 1.29 is 9.59 Å². The molecule has 6 heteroatoms. The molecule has 0 fully saturated rings. The minimum atomic E-state index is -0.500. The van der Waals surface area contributed by atoms with Crippen molar-refractivity contribution in [1.29, 1.82) is 0 Å². The van der Waals surface area contributed by atoms with Crippen LogP contribution < -0.4 is 10.7 Å². The molecule has 0 saturated heterocycles. The lowest BCUT2D eigenvalue weighted by Crippen LogP contribution is -2.38. The van der Waals surface area contributed by atoms with Crippen LogP contribution in [0.25, 0.3) is 0 Å². The summed E-state index contributed by atoms with van der Waals surface area (Å²) in [4.78, 5) is 25.1. The molecule has 2 N–H and O–H groups in total. The van der Waals surface area contributed by atoms with Crippen molar-refractivity contribution in [2.45, 2.75) is 12.8 Å². The first-order valence-corrected chi connectivity index (χ1v) is 9.89. The predicted molar refractivity (Wildman–Crippen MR) is 120 cm³/mol. The minimum absolute atomic E-state index is 0.174. The van der Waals surface area contributed by atoms with Gasteiger partial charge in [-0.3, -0.25) is 9.59 Å². The quantitative estimate of drug-likeness (QED) is 0.446. The molecule has 152 valence electrons. The van der Waals surface area contributed by atoms with E-state index >= 15 is 0 Å². The third-order valence-electron chi connectivity index (χ3n) is 4.56. The molecule has 0 aliphatic heterocycles. The van der Waals surface area contributed by atoms with Gasteiger partial charge in [0.2, 0.25) is 5.91 Å². The van der Waals surface area contributed by atoms with Gasteiger partial charge in [-0.05, 0) is 35.7 Å². The number of amides is 2. The molecule has 0 unspecified atom stereocenters. The molecule has 0 aliphatic rings. The molecule has 0 atom stereocenters. The van der Waals surface area contributed by atoms with Gasteiger partial charge in [0.1, 0.15) is 0 Å². The third kappa shape index (κ3) is 5.78. The molecule has 0 heterocycles. The highest BCUT2D eigenvalue weighted by Crippen LogP contribution is 2.24. The second-order valence-corrected chi connectivity index (χ2v) is 7.15. The molecule has 3 aromatic carbocycles. The van der Waals surface area contributed by atoms with E-state index in [9.17, 15) is 9.59 Å². The number of carbonyl (C=O) groups excluding carboxylic acids is 2. The Balaban J connectivity index is 1.63. The topological polar surface area (TPSA) is 70.6 Å². The van der Waals surface area contributed by atoms with Crippen molar-refractivity contribution in [1.82, 2.24) is 10.7 Å². The van der Waals surface area contributed by atoms with Crippen molar-refractivity contribution in [3.05, 3.63) is 107 Å². The largest absolute Gasteiger partial charge is 0.346 e. The number of benzene rings is 3. The highest BCUT2D eigenvalue weighted by Gasteiger charge is 2.22. The van der Waals surface area contributed by atoms with Gasteiger partial charge < -0.3 is 5.32 Å². The Kier molecular flexibility index (Phi) is 7.35. The van der Waals surface area contributed by atoms with E-state index in [1.807, 2.05) is 72.8 Å². The number of carbonyl (C=O) groups is 2. The van der Waals surface area contributed by atoms with E-state index in [-0.39, 0.29) is 12.5 Å². The van der Waals surface area contributed by atoms with Crippen LogP contribution in [0, 0.1) is 0 Å². The fourth-order valence-electron chi connectivity index (χ4n) is 3.00. The summed E-state index contributed by atoms with van der Waals surface area (Å²) in [6, 6.07) is 26.1. The van der Waals surface area contributed by atoms with Crippen molar-refractivity contribution in [2.75, 3.05) is 6.54 Å².